The zero-order valence-corrected chi connectivity index (χ0v) is 10.5. The number of hydrogen-bond acceptors (Lipinski definition) is 5. The Kier molecular flexibility index (Phi) is 3.94. The molecule has 0 amide bonds. The second kappa shape index (κ2) is 5.64. The van der Waals surface area contributed by atoms with Crippen molar-refractivity contribution in [1.29, 1.82) is 0 Å². The first-order valence-electron chi connectivity index (χ1n) is 5.84. The van der Waals surface area contributed by atoms with E-state index in [4.69, 9.17) is 14.4 Å². The molecule has 2 rings (SSSR count). The maximum atomic E-state index is 8.93. The van der Waals surface area contributed by atoms with Crippen molar-refractivity contribution in [2.45, 2.75) is 33.0 Å². The fourth-order valence-electron chi connectivity index (χ4n) is 1.40. The summed E-state index contributed by atoms with van der Waals surface area (Å²) in [6.07, 6.45) is 0.185. The van der Waals surface area contributed by atoms with E-state index in [1.807, 2.05) is 38.1 Å². The standard InChI is InChI=1S/C13H16N2O3/c1-9(2)12-14-13(18-15-12)17-8-11-5-3-10(7-16)4-6-11/h3-6,9,16H,7-8H2,1-2H3. The van der Waals surface area contributed by atoms with Crippen molar-refractivity contribution in [3.63, 3.8) is 0 Å². The average molecular weight is 248 g/mol. The van der Waals surface area contributed by atoms with Crippen molar-refractivity contribution in [3.05, 3.63) is 41.2 Å². The average Bonchev–Trinajstić information content (AvgIpc) is 2.86. The van der Waals surface area contributed by atoms with E-state index in [1.165, 1.54) is 0 Å². The molecule has 96 valence electrons. The van der Waals surface area contributed by atoms with Gasteiger partial charge in [-0.1, -0.05) is 43.3 Å². The van der Waals surface area contributed by atoms with Gasteiger partial charge in [0.1, 0.15) is 6.61 Å². The van der Waals surface area contributed by atoms with Gasteiger partial charge in [-0.25, -0.2) is 0 Å². The molecule has 0 saturated carbocycles. The molecule has 0 spiro atoms. The maximum absolute atomic E-state index is 8.93. The van der Waals surface area contributed by atoms with Crippen LogP contribution in [0.2, 0.25) is 0 Å². The predicted molar refractivity (Wildman–Crippen MR) is 65.1 cm³/mol. The highest BCUT2D eigenvalue weighted by Crippen LogP contribution is 2.15. The number of aromatic nitrogens is 2. The largest absolute Gasteiger partial charge is 0.444 e. The third-order valence-electron chi connectivity index (χ3n) is 2.51. The molecule has 0 aliphatic rings. The highest BCUT2D eigenvalue weighted by Gasteiger charge is 2.10. The first kappa shape index (κ1) is 12.6. The molecule has 0 saturated heterocycles. The van der Waals surface area contributed by atoms with Crippen LogP contribution in [0.15, 0.2) is 28.8 Å². The molecular formula is C13H16N2O3. The quantitative estimate of drug-likeness (QED) is 0.879. The van der Waals surface area contributed by atoms with Crippen molar-refractivity contribution in [2.24, 2.45) is 0 Å². The Bertz CT molecular complexity index is 491. The van der Waals surface area contributed by atoms with Gasteiger partial charge in [0, 0.05) is 5.92 Å². The Morgan fingerprint density at radius 3 is 2.44 bits per heavy atom. The fourth-order valence-corrected chi connectivity index (χ4v) is 1.40. The molecule has 1 aromatic carbocycles. The van der Waals surface area contributed by atoms with Crippen molar-refractivity contribution in [1.82, 2.24) is 10.1 Å². The molecule has 18 heavy (non-hydrogen) atoms. The Hall–Kier alpha value is -1.88. The second-order valence-corrected chi connectivity index (χ2v) is 4.34. The number of hydrogen-bond donors (Lipinski definition) is 1. The molecule has 1 N–H and O–H groups in total. The van der Waals surface area contributed by atoms with Crippen LogP contribution < -0.4 is 4.74 Å². The van der Waals surface area contributed by atoms with Gasteiger partial charge in [-0.3, -0.25) is 4.52 Å². The molecule has 0 aliphatic carbocycles. The number of nitrogens with zero attached hydrogens (tertiary/aromatic N) is 2. The van der Waals surface area contributed by atoms with Gasteiger partial charge in [-0.15, -0.1) is 0 Å². The third kappa shape index (κ3) is 3.07. The molecule has 2 aromatic rings. The Labute approximate surface area is 105 Å². The fraction of sp³-hybridized carbons (Fsp3) is 0.385. The molecule has 1 heterocycles. The summed E-state index contributed by atoms with van der Waals surface area (Å²) in [5, 5.41) is 12.7. The molecule has 5 nitrogen and oxygen atoms in total. The minimum Gasteiger partial charge on any atom is -0.444 e. The number of aliphatic hydroxyl groups is 1. The number of benzene rings is 1. The lowest BCUT2D eigenvalue weighted by molar-refractivity contribution is 0.195. The van der Waals surface area contributed by atoms with Crippen LogP contribution in [0.4, 0.5) is 0 Å². The van der Waals surface area contributed by atoms with Crippen LogP contribution >= 0.6 is 0 Å². The number of ether oxygens (including phenoxy) is 1. The molecule has 0 aliphatic heterocycles. The molecule has 5 heteroatoms. The summed E-state index contributed by atoms with van der Waals surface area (Å²) in [6.45, 7) is 4.39. The molecule has 0 atom stereocenters. The van der Waals surface area contributed by atoms with E-state index in [2.05, 4.69) is 10.1 Å². The van der Waals surface area contributed by atoms with E-state index < -0.39 is 0 Å². The minimum atomic E-state index is 0.0442. The van der Waals surface area contributed by atoms with Crippen molar-refractivity contribution < 1.29 is 14.4 Å². The minimum absolute atomic E-state index is 0.0442. The van der Waals surface area contributed by atoms with Gasteiger partial charge in [0.05, 0.1) is 6.61 Å². The van der Waals surface area contributed by atoms with Crippen LogP contribution in [0.3, 0.4) is 0 Å². The second-order valence-electron chi connectivity index (χ2n) is 4.34. The number of rotatable bonds is 5. The van der Waals surface area contributed by atoms with Gasteiger partial charge < -0.3 is 9.84 Å². The summed E-state index contributed by atoms with van der Waals surface area (Å²) < 4.78 is 10.4. The Balaban J connectivity index is 1.93. The van der Waals surface area contributed by atoms with Crippen molar-refractivity contribution in [3.8, 4) is 6.08 Å². The van der Waals surface area contributed by atoms with Gasteiger partial charge in [-0.05, 0) is 11.1 Å². The zero-order valence-electron chi connectivity index (χ0n) is 10.5. The Morgan fingerprint density at radius 1 is 1.22 bits per heavy atom. The van der Waals surface area contributed by atoms with Crippen molar-refractivity contribution >= 4 is 0 Å². The lowest BCUT2D eigenvalue weighted by atomic mass is 10.1. The highest BCUT2D eigenvalue weighted by molar-refractivity contribution is 5.21. The summed E-state index contributed by atoms with van der Waals surface area (Å²) >= 11 is 0. The van der Waals surface area contributed by atoms with Gasteiger partial charge in [0.15, 0.2) is 5.82 Å². The summed E-state index contributed by atoms with van der Waals surface area (Å²) in [7, 11) is 0. The van der Waals surface area contributed by atoms with Crippen LogP contribution in [0.1, 0.15) is 36.7 Å². The third-order valence-corrected chi connectivity index (χ3v) is 2.51. The lowest BCUT2D eigenvalue weighted by Gasteiger charge is -2.02. The van der Waals surface area contributed by atoms with Gasteiger partial charge in [0.25, 0.3) is 0 Å². The lowest BCUT2D eigenvalue weighted by Crippen LogP contribution is -1.96. The molecule has 0 radical (unpaired) electrons. The summed E-state index contributed by atoms with van der Waals surface area (Å²) in [5.74, 6) is 0.857. The SMILES string of the molecule is CC(C)c1noc(OCc2ccc(CO)cc2)n1. The first-order valence-corrected chi connectivity index (χ1v) is 5.84. The summed E-state index contributed by atoms with van der Waals surface area (Å²) in [6, 6.07) is 7.49. The van der Waals surface area contributed by atoms with Gasteiger partial charge in [0.2, 0.25) is 0 Å². The first-order chi connectivity index (χ1) is 8.69. The van der Waals surface area contributed by atoms with Gasteiger partial charge in [-0.2, -0.15) is 4.98 Å². The van der Waals surface area contributed by atoms with Crippen LogP contribution in [-0.2, 0) is 13.2 Å². The van der Waals surface area contributed by atoms with Gasteiger partial charge >= 0.3 is 6.08 Å². The Morgan fingerprint density at radius 2 is 1.89 bits per heavy atom. The summed E-state index contributed by atoms with van der Waals surface area (Å²) in [4.78, 5) is 4.12. The molecule has 0 unspecified atom stereocenters. The molecule has 0 fully saturated rings. The number of aliphatic hydroxyl groups excluding tert-OH is 1. The maximum Gasteiger partial charge on any atom is 0.417 e. The topological polar surface area (TPSA) is 68.4 Å². The van der Waals surface area contributed by atoms with Crippen molar-refractivity contribution in [2.75, 3.05) is 0 Å². The molecular weight excluding hydrogens is 232 g/mol. The van der Waals surface area contributed by atoms with E-state index in [1.54, 1.807) is 0 Å². The van der Waals surface area contributed by atoms with E-state index in [-0.39, 0.29) is 18.6 Å². The predicted octanol–water partition coefficient (Wildman–Crippen LogP) is 2.26. The van der Waals surface area contributed by atoms with E-state index in [9.17, 15) is 0 Å². The van der Waals surface area contributed by atoms with Crippen LogP contribution in [-0.4, -0.2) is 15.2 Å². The van der Waals surface area contributed by atoms with E-state index in [0.717, 1.165) is 11.1 Å². The van der Waals surface area contributed by atoms with E-state index in [0.29, 0.717) is 12.4 Å². The molecule has 1 aromatic heterocycles. The smallest absolute Gasteiger partial charge is 0.417 e. The normalized spacial score (nSPS) is 10.9. The van der Waals surface area contributed by atoms with Crippen LogP contribution in [0.5, 0.6) is 6.08 Å². The zero-order chi connectivity index (χ0) is 13.0. The van der Waals surface area contributed by atoms with Crippen LogP contribution in [0.25, 0.3) is 0 Å². The highest BCUT2D eigenvalue weighted by atomic mass is 16.6. The molecule has 0 bridgehead atoms. The van der Waals surface area contributed by atoms with E-state index >= 15 is 0 Å². The monoisotopic (exact) mass is 248 g/mol. The summed E-state index contributed by atoms with van der Waals surface area (Å²) in [5.41, 5.74) is 1.86. The van der Waals surface area contributed by atoms with Crippen LogP contribution in [0, 0.1) is 0 Å².